The highest BCUT2D eigenvalue weighted by Gasteiger charge is 2.18. The number of rotatable bonds is 9. The van der Waals surface area contributed by atoms with Gasteiger partial charge in [0.2, 0.25) is 10.0 Å². The van der Waals surface area contributed by atoms with Gasteiger partial charge in [-0.1, -0.05) is 36.4 Å². The van der Waals surface area contributed by atoms with Crippen LogP contribution < -0.4 is 14.9 Å². The van der Waals surface area contributed by atoms with Gasteiger partial charge in [0.05, 0.1) is 4.90 Å². The normalized spacial score (nSPS) is 14.6. The Morgan fingerprint density at radius 3 is 2.31 bits per heavy atom. The lowest BCUT2D eigenvalue weighted by molar-refractivity contribution is 0.0947. The standard InChI is InChI=1S/C26H29FN4O3S/c27-23-9-11-24(12-10-23)31-17-15-30(16-18-31)14-13-28-26(32)22-7-4-8-25(19-22)35(33,34)29-20-21-5-2-1-3-6-21/h1-12,19,29H,13-18,20H2,(H,28,32). The number of amides is 1. The molecule has 0 aromatic heterocycles. The molecule has 4 rings (SSSR count). The van der Waals surface area contributed by atoms with Crippen molar-refractivity contribution in [3.8, 4) is 0 Å². The van der Waals surface area contributed by atoms with Crippen LogP contribution in [-0.4, -0.2) is 58.5 Å². The first kappa shape index (κ1) is 24.8. The maximum absolute atomic E-state index is 13.1. The van der Waals surface area contributed by atoms with Gasteiger partial charge < -0.3 is 10.2 Å². The van der Waals surface area contributed by atoms with Gasteiger partial charge in [0, 0.05) is 57.1 Å². The van der Waals surface area contributed by atoms with Crippen LogP contribution in [0.5, 0.6) is 0 Å². The van der Waals surface area contributed by atoms with E-state index in [4.69, 9.17) is 0 Å². The molecule has 1 amide bonds. The summed E-state index contributed by atoms with van der Waals surface area (Å²) >= 11 is 0. The van der Waals surface area contributed by atoms with E-state index >= 15 is 0 Å². The minimum absolute atomic E-state index is 0.0537. The molecule has 3 aromatic rings. The maximum atomic E-state index is 13.1. The monoisotopic (exact) mass is 496 g/mol. The first-order valence-electron chi connectivity index (χ1n) is 11.6. The molecule has 1 aliphatic heterocycles. The summed E-state index contributed by atoms with van der Waals surface area (Å²) in [6, 6.07) is 21.8. The maximum Gasteiger partial charge on any atom is 0.251 e. The van der Waals surface area contributed by atoms with Crippen molar-refractivity contribution in [2.75, 3.05) is 44.2 Å². The molecular weight excluding hydrogens is 467 g/mol. The molecule has 0 atom stereocenters. The largest absolute Gasteiger partial charge is 0.369 e. The zero-order valence-electron chi connectivity index (χ0n) is 19.4. The van der Waals surface area contributed by atoms with E-state index < -0.39 is 10.0 Å². The number of nitrogens with one attached hydrogen (secondary N) is 2. The Morgan fingerprint density at radius 2 is 1.60 bits per heavy atom. The molecule has 184 valence electrons. The first-order valence-corrected chi connectivity index (χ1v) is 13.0. The lowest BCUT2D eigenvalue weighted by Crippen LogP contribution is -2.48. The van der Waals surface area contributed by atoms with Gasteiger partial charge in [0.25, 0.3) is 5.91 Å². The van der Waals surface area contributed by atoms with E-state index in [0.717, 1.165) is 37.4 Å². The molecule has 0 bridgehead atoms. The minimum atomic E-state index is -3.75. The number of carbonyl (C=O) groups excluding carboxylic acids is 1. The molecule has 0 aliphatic carbocycles. The van der Waals surface area contributed by atoms with Crippen LogP contribution in [0.25, 0.3) is 0 Å². The molecule has 1 aliphatic rings. The predicted molar refractivity (Wildman–Crippen MR) is 134 cm³/mol. The Morgan fingerprint density at radius 1 is 0.886 bits per heavy atom. The van der Waals surface area contributed by atoms with Gasteiger partial charge in [0.1, 0.15) is 5.82 Å². The Balaban J connectivity index is 1.24. The van der Waals surface area contributed by atoms with Crippen LogP contribution >= 0.6 is 0 Å². The predicted octanol–water partition coefficient (Wildman–Crippen LogP) is 2.86. The average Bonchev–Trinajstić information content (AvgIpc) is 2.89. The first-order chi connectivity index (χ1) is 16.9. The van der Waals surface area contributed by atoms with Crippen molar-refractivity contribution in [2.45, 2.75) is 11.4 Å². The molecule has 0 spiro atoms. The third-order valence-electron chi connectivity index (χ3n) is 5.99. The van der Waals surface area contributed by atoms with Crippen molar-refractivity contribution in [1.29, 1.82) is 0 Å². The number of hydrogen-bond acceptors (Lipinski definition) is 5. The highest BCUT2D eigenvalue weighted by atomic mass is 32.2. The molecule has 0 saturated carbocycles. The zero-order chi connectivity index (χ0) is 24.7. The van der Waals surface area contributed by atoms with Gasteiger partial charge in [-0.25, -0.2) is 17.5 Å². The van der Waals surface area contributed by atoms with E-state index in [2.05, 4.69) is 19.8 Å². The molecule has 1 heterocycles. The highest BCUT2D eigenvalue weighted by Crippen LogP contribution is 2.17. The number of hydrogen-bond donors (Lipinski definition) is 2. The van der Waals surface area contributed by atoms with Crippen LogP contribution in [0.3, 0.4) is 0 Å². The van der Waals surface area contributed by atoms with Crippen molar-refractivity contribution in [3.05, 3.63) is 95.8 Å². The summed E-state index contributed by atoms with van der Waals surface area (Å²) in [4.78, 5) is 17.2. The van der Waals surface area contributed by atoms with Gasteiger partial charge in [0.15, 0.2) is 0 Å². The summed E-state index contributed by atoms with van der Waals surface area (Å²) in [6.07, 6.45) is 0. The van der Waals surface area contributed by atoms with Crippen LogP contribution in [0.2, 0.25) is 0 Å². The minimum Gasteiger partial charge on any atom is -0.369 e. The van der Waals surface area contributed by atoms with E-state index in [0.29, 0.717) is 18.7 Å². The lowest BCUT2D eigenvalue weighted by atomic mass is 10.2. The molecule has 35 heavy (non-hydrogen) atoms. The van der Waals surface area contributed by atoms with Crippen molar-refractivity contribution < 1.29 is 17.6 Å². The number of carbonyl (C=O) groups is 1. The summed E-state index contributed by atoms with van der Waals surface area (Å²) < 4.78 is 41.1. The number of anilines is 1. The molecular formula is C26H29FN4O3S. The van der Waals surface area contributed by atoms with Crippen molar-refractivity contribution in [3.63, 3.8) is 0 Å². The number of benzene rings is 3. The van der Waals surface area contributed by atoms with E-state index in [-0.39, 0.29) is 23.2 Å². The van der Waals surface area contributed by atoms with Gasteiger partial charge in [-0.3, -0.25) is 9.69 Å². The average molecular weight is 497 g/mol. The summed E-state index contributed by atoms with van der Waals surface area (Å²) in [5, 5.41) is 2.88. The fourth-order valence-electron chi connectivity index (χ4n) is 3.97. The third kappa shape index (κ3) is 6.88. The fourth-order valence-corrected chi connectivity index (χ4v) is 5.04. The summed E-state index contributed by atoms with van der Waals surface area (Å²) in [5.74, 6) is -0.551. The van der Waals surface area contributed by atoms with Gasteiger partial charge in [-0.05, 0) is 48.0 Å². The number of nitrogens with zero attached hydrogens (tertiary/aromatic N) is 2. The Hall–Kier alpha value is -3.27. The lowest BCUT2D eigenvalue weighted by Gasteiger charge is -2.36. The molecule has 9 heteroatoms. The van der Waals surface area contributed by atoms with E-state index in [9.17, 15) is 17.6 Å². The topological polar surface area (TPSA) is 81.8 Å². The van der Waals surface area contributed by atoms with Gasteiger partial charge >= 0.3 is 0 Å². The third-order valence-corrected chi connectivity index (χ3v) is 7.39. The summed E-state index contributed by atoms with van der Waals surface area (Å²) in [6.45, 7) is 4.67. The second-order valence-electron chi connectivity index (χ2n) is 8.40. The molecule has 0 radical (unpaired) electrons. The molecule has 1 saturated heterocycles. The Kier molecular flexibility index (Phi) is 8.12. The number of halogens is 1. The SMILES string of the molecule is O=C(NCCN1CCN(c2ccc(F)cc2)CC1)c1cccc(S(=O)(=O)NCc2ccccc2)c1. The van der Waals surface area contributed by atoms with Crippen LogP contribution in [0, 0.1) is 5.82 Å². The fraction of sp³-hybridized carbons (Fsp3) is 0.269. The molecule has 7 nitrogen and oxygen atoms in total. The highest BCUT2D eigenvalue weighted by molar-refractivity contribution is 7.89. The second kappa shape index (κ2) is 11.4. The van der Waals surface area contributed by atoms with Gasteiger partial charge in [-0.2, -0.15) is 0 Å². The molecule has 2 N–H and O–H groups in total. The number of sulfonamides is 1. The smallest absolute Gasteiger partial charge is 0.251 e. The van der Waals surface area contributed by atoms with Crippen LogP contribution in [0.15, 0.2) is 83.8 Å². The second-order valence-corrected chi connectivity index (χ2v) is 10.2. The van der Waals surface area contributed by atoms with Crippen molar-refractivity contribution in [1.82, 2.24) is 14.9 Å². The summed E-state index contributed by atoms with van der Waals surface area (Å²) in [7, 11) is -3.75. The van der Waals surface area contributed by atoms with Crippen LogP contribution in [0.4, 0.5) is 10.1 Å². The zero-order valence-corrected chi connectivity index (χ0v) is 20.2. The van der Waals surface area contributed by atoms with E-state index in [1.807, 2.05) is 30.3 Å². The quantitative estimate of drug-likeness (QED) is 0.476. The van der Waals surface area contributed by atoms with Crippen molar-refractivity contribution in [2.24, 2.45) is 0 Å². The Bertz CT molecular complexity index is 1230. The number of piperazine rings is 1. The Labute approximate surface area is 205 Å². The molecule has 1 fully saturated rings. The van der Waals surface area contributed by atoms with E-state index in [1.165, 1.54) is 24.3 Å². The molecule has 0 unspecified atom stereocenters. The molecule has 3 aromatic carbocycles. The summed E-state index contributed by atoms with van der Waals surface area (Å²) in [5.41, 5.74) is 2.16. The van der Waals surface area contributed by atoms with Gasteiger partial charge in [-0.15, -0.1) is 0 Å². The van der Waals surface area contributed by atoms with E-state index in [1.54, 1.807) is 24.3 Å². The van der Waals surface area contributed by atoms with Crippen LogP contribution in [-0.2, 0) is 16.6 Å². The van der Waals surface area contributed by atoms with Crippen molar-refractivity contribution >= 4 is 21.6 Å². The van der Waals surface area contributed by atoms with Crippen LogP contribution in [0.1, 0.15) is 15.9 Å².